The van der Waals surface area contributed by atoms with E-state index in [1.54, 1.807) is 0 Å². The zero-order valence-corrected chi connectivity index (χ0v) is 10.2. The van der Waals surface area contributed by atoms with E-state index < -0.39 is 0 Å². The highest BCUT2D eigenvalue weighted by Gasteiger charge is 2.14. The molecule has 1 aliphatic carbocycles. The molecule has 0 radical (unpaired) electrons. The number of benzene rings is 1. The minimum Gasteiger partial charge on any atom is -0.0839 e. The van der Waals surface area contributed by atoms with Crippen LogP contribution in [0.25, 0.3) is 5.57 Å². The Morgan fingerprint density at radius 1 is 1.25 bits per heavy atom. The highest BCUT2D eigenvalue weighted by molar-refractivity contribution is 5.72. The van der Waals surface area contributed by atoms with Crippen LogP contribution >= 0.6 is 0 Å². The third kappa shape index (κ3) is 2.27. The Morgan fingerprint density at radius 3 is 2.81 bits per heavy atom. The summed E-state index contributed by atoms with van der Waals surface area (Å²) in [5, 5.41) is 0. The smallest absolute Gasteiger partial charge is 0.0150 e. The first kappa shape index (κ1) is 11.2. The van der Waals surface area contributed by atoms with E-state index in [0.29, 0.717) is 5.92 Å². The van der Waals surface area contributed by atoms with E-state index in [2.05, 4.69) is 56.3 Å². The molecule has 1 atom stereocenters. The Morgan fingerprint density at radius 2 is 2.06 bits per heavy atom. The molecule has 0 N–H and O–H groups in total. The van der Waals surface area contributed by atoms with Crippen LogP contribution < -0.4 is 0 Å². The lowest BCUT2D eigenvalue weighted by Crippen LogP contribution is -2.03. The molecule has 1 aromatic carbocycles. The number of hydrogen-bond acceptors (Lipinski definition) is 0. The van der Waals surface area contributed by atoms with Crippen molar-refractivity contribution in [2.75, 3.05) is 0 Å². The van der Waals surface area contributed by atoms with E-state index in [1.807, 2.05) is 0 Å². The van der Waals surface area contributed by atoms with Gasteiger partial charge < -0.3 is 0 Å². The van der Waals surface area contributed by atoms with Gasteiger partial charge in [0.1, 0.15) is 0 Å². The van der Waals surface area contributed by atoms with Gasteiger partial charge in [-0.15, -0.1) is 0 Å². The Balaban J connectivity index is 2.38. The van der Waals surface area contributed by atoms with E-state index >= 15 is 0 Å². The van der Waals surface area contributed by atoms with Gasteiger partial charge in [-0.3, -0.25) is 0 Å². The maximum atomic E-state index is 2.32. The summed E-state index contributed by atoms with van der Waals surface area (Å²) < 4.78 is 0. The van der Waals surface area contributed by atoms with Gasteiger partial charge in [-0.1, -0.05) is 62.8 Å². The minimum atomic E-state index is 0.656. The Labute approximate surface area is 98.7 Å². The predicted octanol–water partition coefficient (Wildman–Crippen LogP) is 4.62. The first-order chi connectivity index (χ1) is 7.83. The van der Waals surface area contributed by atoms with Crippen molar-refractivity contribution in [2.24, 2.45) is 5.92 Å². The molecule has 0 aliphatic heterocycles. The lowest BCUT2D eigenvalue weighted by Gasteiger charge is -2.20. The van der Waals surface area contributed by atoms with Gasteiger partial charge in [0.25, 0.3) is 0 Å². The average Bonchev–Trinajstić information content (AvgIpc) is 2.31. The summed E-state index contributed by atoms with van der Waals surface area (Å²) in [6.45, 7) is 4.56. The summed E-state index contributed by atoms with van der Waals surface area (Å²) in [6, 6.07) is 8.84. The van der Waals surface area contributed by atoms with Crippen molar-refractivity contribution in [2.45, 2.75) is 33.1 Å². The third-order valence-corrected chi connectivity index (χ3v) is 3.28. The summed E-state index contributed by atoms with van der Waals surface area (Å²) in [6.07, 6.45) is 10.3. The van der Waals surface area contributed by atoms with E-state index in [-0.39, 0.29) is 0 Å². The van der Waals surface area contributed by atoms with Crippen LogP contribution in [0.2, 0.25) is 0 Å². The van der Waals surface area contributed by atoms with E-state index in [0.717, 1.165) is 0 Å². The SMILES string of the molecule is CCCc1ccccc1C1=CC=CCC1C. The highest BCUT2D eigenvalue weighted by Crippen LogP contribution is 2.31. The fraction of sp³-hybridized carbons (Fsp3) is 0.375. The summed E-state index contributed by atoms with van der Waals surface area (Å²) in [4.78, 5) is 0. The summed E-state index contributed by atoms with van der Waals surface area (Å²) >= 11 is 0. The molecule has 0 bridgehead atoms. The molecule has 0 saturated heterocycles. The van der Waals surface area contributed by atoms with Crippen molar-refractivity contribution in [1.29, 1.82) is 0 Å². The fourth-order valence-corrected chi connectivity index (χ4v) is 2.39. The van der Waals surface area contributed by atoms with Gasteiger partial charge >= 0.3 is 0 Å². The van der Waals surface area contributed by atoms with E-state index in [4.69, 9.17) is 0 Å². The van der Waals surface area contributed by atoms with Gasteiger partial charge in [-0.25, -0.2) is 0 Å². The quantitative estimate of drug-likeness (QED) is 0.686. The second kappa shape index (κ2) is 5.16. The molecule has 0 heterocycles. The predicted molar refractivity (Wildman–Crippen MR) is 71.3 cm³/mol. The van der Waals surface area contributed by atoms with E-state index in [1.165, 1.54) is 36.0 Å². The second-order valence-corrected chi connectivity index (χ2v) is 4.59. The molecule has 0 aromatic heterocycles. The molecular weight excluding hydrogens is 192 g/mol. The topological polar surface area (TPSA) is 0 Å². The molecule has 0 saturated carbocycles. The van der Waals surface area contributed by atoms with Crippen LogP contribution in [0.3, 0.4) is 0 Å². The Kier molecular flexibility index (Phi) is 3.61. The molecule has 0 fully saturated rings. The van der Waals surface area contributed by atoms with Crippen molar-refractivity contribution in [3.63, 3.8) is 0 Å². The van der Waals surface area contributed by atoms with Crippen molar-refractivity contribution < 1.29 is 0 Å². The number of hydrogen-bond donors (Lipinski definition) is 0. The van der Waals surface area contributed by atoms with Gasteiger partial charge in [-0.2, -0.15) is 0 Å². The second-order valence-electron chi connectivity index (χ2n) is 4.59. The van der Waals surface area contributed by atoms with Crippen molar-refractivity contribution in [3.05, 3.63) is 53.6 Å². The van der Waals surface area contributed by atoms with Gasteiger partial charge in [0.05, 0.1) is 0 Å². The van der Waals surface area contributed by atoms with Gasteiger partial charge in [0.15, 0.2) is 0 Å². The fourth-order valence-electron chi connectivity index (χ4n) is 2.39. The zero-order chi connectivity index (χ0) is 11.4. The van der Waals surface area contributed by atoms with Crippen molar-refractivity contribution >= 4 is 5.57 Å². The van der Waals surface area contributed by atoms with Gasteiger partial charge in [0, 0.05) is 0 Å². The molecule has 84 valence electrons. The zero-order valence-electron chi connectivity index (χ0n) is 10.2. The van der Waals surface area contributed by atoms with Crippen LogP contribution in [0.5, 0.6) is 0 Å². The van der Waals surface area contributed by atoms with Crippen LogP contribution in [0, 0.1) is 5.92 Å². The van der Waals surface area contributed by atoms with E-state index in [9.17, 15) is 0 Å². The van der Waals surface area contributed by atoms with Crippen LogP contribution in [0.4, 0.5) is 0 Å². The molecule has 16 heavy (non-hydrogen) atoms. The average molecular weight is 212 g/mol. The maximum Gasteiger partial charge on any atom is -0.0150 e. The molecule has 0 heteroatoms. The van der Waals surface area contributed by atoms with Crippen LogP contribution in [0.1, 0.15) is 37.8 Å². The number of allylic oxidation sites excluding steroid dienone is 4. The van der Waals surface area contributed by atoms with Gasteiger partial charge in [0.2, 0.25) is 0 Å². The van der Waals surface area contributed by atoms with Crippen LogP contribution in [-0.2, 0) is 6.42 Å². The normalized spacial score (nSPS) is 19.6. The minimum absolute atomic E-state index is 0.656. The lowest BCUT2D eigenvalue weighted by molar-refractivity contribution is 0.755. The molecule has 1 aromatic rings. The maximum absolute atomic E-state index is 2.32. The molecule has 0 amide bonds. The molecular formula is C16H20. The van der Waals surface area contributed by atoms with Crippen LogP contribution in [-0.4, -0.2) is 0 Å². The first-order valence-corrected chi connectivity index (χ1v) is 6.28. The standard InChI is InChI=1S/C16H20/c1-3-8-14-10-5-7-12-16(14)15-11-6-4-9-13(15)2/h4-7,10-13H,3,8-9H2,1-2H3. The molecule has 1 aliphatic rings. The molecule has 0 spiro atoms. The number of rotatable bonds is 3. The van der Waals surface area contributed by atoms with Gasteiger partial charge in [-0.05, 0) is 35.5 Å². The summed E-state index contributed by atoms with van der Waals surface area (Å²) in [5.41, 5.74) is 4.46. The van der Waals surface area contributed by atoms with Crippen molar-refractivity contribution in [3.8, 4) is 0 Å². The summed E-state index contributed by atoms with van der Waals surface area (Å²) in [7, 11) is 0. The summed E-state index contributed by atoms with van der Waals surface area (Å²) in [5.74, 6) is 0.656. The lowest BCUT2D eigenvalue weighted by atomic mass is 9.85. The number of aryl methyl sites for hydroxylation is 1. The molecule has 1 unspecified atom stereocenters. The largest absolute Gasteiger partial charge is 0.0839 e. The molecule has 0 nitrogen and oxygen atoms in total. The Hall–Kier alpha value is -1.30. The Bertz CT molecular complexity index is 410. The highest BCUT2D eigenvalue weighted by atomic mass is 14.2. The molecule has 2 rings (SSSR count). The van der Waals surface area contributed by atoms with Crippen LogP contribution in [0.15, 0.2) is 42.5 Å². The third-order valence-electron chi connectivity index (χ3n) is 3.28. The monoisotopic (exact) mass is 212 g/mol. The van der Waals surface area contributed by atoms with Crippen molar-refractivity contribution in [1.82, 2.24) is 0 Å². The first-order valence-electron chi connectivity index (χ1n) is 6.28.